The van der Waals surface area contributed by atoms with E-state index in [1.54, 1.807) is 0 Å². The van der Waals surface area contributed by atoms with Gasteiger partial charge in [0.1, 0.15) is 6.61 Å². The maximum atomic E-state index is 12.6. The fourth-order valence-electron chi connectivity index (χ4n) is 5.32. The zero-order chi connectivity index (χ0) is 25.0. The van der Waals surface area contributed by atoms with E-state index in [9.17, 15) is 19.5 Å². The number of amides is 2. The van der Waals surface area contributed by atoms with Crippen LogP contribution in [0.3, 0.4) is 0 Å². The van der Waals surface area contributed by atoms with Crippen LogP contribution in [-0.4, -0.2) is 42.3 Å². The standard InChI is InChI=1S/C28H34N2O5/c1-28(2,15-25(31)30-24-14-8-7-13-22(24)26(32)33)17-29-27(34)35-16-23-20-11-5-3-9-18(20)19-10-4-6-12-21(19)23/h3-6,9-12,22-24H,7-8,13-17H2,1-2H3,(H,29,34)(H,30,31)(H,32,33)/t22-,24+/m1/s1. The van der Waals surface area contributed by atoms with Crippen molar-refractivity contribution < 1.29 is 24.2 Å². The highest BCUT2D eigenvalue weighted by molar-refractivity contribution is 5.80. The van der Waals surface area contributed by atoms with Gasteiger partial charge < -0.3 is 20.5 Å². The summed E-state index contributed by atoms with van der Waals surface area (Å²) in [4.78, 5) is 36.6. The van der Waals surface area contributed by atoms with Gasteiger partial charge in [-0.2, -0.15) is 0 Å². The first kappa shape index (κ1) is 24.8. The summed E-state index contributed by atoms with van der Waals surface area (Å²) in [6.07, 6.45) is 2.73. The van der Waals surface area contributed by atoms with E-state index in [0.29, 0.717) is 12.8 Å². The molecule has 2 aliphatic rings. The van der Waals surface area contributed by atoms with Crippen LogP contribution in [0.4, 0.5) is 4.79 Å². The maximum Gasteiger partial charge on any atom is 0.407 e. The van der Waals surface area contributed by atoms with Gasteiger partial charge in [-0.15, -0.1) is 0 Å². The van der Waals surface area contributed by atoms with Crippen LogP contribution < -0.4 is 10.6 Å². The molecule has 2 aliphatic carbocycles. The van der Waals surface area contributed by atoms with Crippen LogP contribution in [0, 0.1) is 11.3 Å². The van der Waals surface area contributed by atoms with Crippen LogP contribution in [0.25, 0.3) is 11.1 Å². The molecule has 3 N–H and O–H groups in total. The fraction of sp³-hybridized carbons (Fsp3) is 0.464. The number of carbonyl (C=O) groups excluding carboxylic acids is 2. The number of carboxylic acid groups (broad SMARTS) is 1. The van der Waals surface area contributed by atoms with Crippen LogP contribution in [0.2, 0.25) is 0 Å². The molecule has 35 heavy (non-hydrogen) atoms. The number of hydrogen-bond donors (Lipinski definition) is 3. The Balaban J connectivity index is 1.27. The molecule has 0 spiro atoms. The molecule has 0 aliphatic heterocycles. The van der Waals surface area contributed by atoms with Gasteiger partial charge in [-0.1, -0.05) is 75.2 Å². The molecule has 1 fully saturated rings. The minimum atomic E-state index is -0.855. The Bertz CT molecular complexity index is 1050. The van der Waals surface area contributed by atoms with E-state index in [2.05, 4.69) is 34.9 Å². The van der Waals surface area contributed by atoms with Gasteiger partial charge in [-0.05, 0) is 40.5 Å². The summed E-state index contributed by atoms with van der Waals surface area (Å²) in [5.41, 5.74) is 4.14. The zero-order valence-corrected chi connectivity index (χ0v) is 20.4. The monoisotopic (exact) mass is 478 g/mol. The van der Waals surface area contributed by atoms with Crippen molar-refractivity contribution in [1.82, 2.24) is 10.6 Å². The van der Waals surface area contributed by atoms with E-state index in [-0.39, 0.29) is 37.4 Å². The lowest BCUT2D eigenvalue weighted by atomic mass is 9.83. The van der Waals surface area contributed by atoms with Gasteiger partial charge in [0.05, 0.1) is 5.92 Å². The van der Waals surface area contributed by atoms with Gasteiger partial charge in [0.15, 0.2) is 0 Å². The van der Waals surface area contributed by atoms with Crippen molar-refractivity contribution in [3.63, 3.8) is 0 Å². The molecule has 2 aromatic rings. The molecule has 1 saturated carbocycles. The molecule has 0 unspecified atom stereocenters. The summed E-state index contributed by atoms with van der Waals surface area (Å²) in [5.74, 6) is -1.59. The number of carboxylic acids is 1. The highest BCUT2D eigenvalue weighted by Gasteiger charge is 2.33. The molecule has 0 heterocycles. The van der Waals surface area contributed by atoms with E-state index in [1.165, 1.54) is 11.1 Å². The molecule has 2 amide bonds. The van der Waals surface area contributed by atoms with Crippen molar-refractivity contribution in [2.75, 3.05) is 13.2 Å². The second kappa shape index (κ2) is 10.5. The number of rotatable bonds is 8. The Labute approximate surface area is 206 Å². The molecule has 2 aromatic carbocycles. The summed E-state index contributed by atoms with van der Waals surface area (Å²) in [6, 6.07) is 16.0. The number of benzene rings is 2. The van der Waals surface area contributed by atoms with E-state index in [0.717, 1.165) is 24.0 Å². The van der Waals surface area contributed by atoms with E-state index >= 15 is 0 Å². The molecule has 7 heteroatoms. The first-order valence-electron chi connectivity index (χ1n) is 12.4. The summed E-state index contributed by atoms with van der Waals surface area (Å²) in [6.45, 7) is 4.29. The lowest BCUT2D eigenvalue weighted by Crippen LogP contribution is -2.47. The van der Waals surface area contributed by atoms with Gasteiger partial charge in [0, 0.05) is 24.9 Å². The van der Waals surface area contributed by atoms with E-state index in [4.69, 9.17) is 4.74 Å². The Morgan fingerprint density at radius 2 is 1.57 bits per heavy atom. The maximum absolute atomic E-state index is 12.6. The number of nitrogens with one attached hydrogen (secondary N) is 2. The lowest BCUT2D eigenvalue weighted by molar-refractivity contribution is -0.144. The third-order valence-corrected chi connectivity index (χ3v) is 7.12. The molecule has 0 bridgehead atoms. The molecule has 186 valence electrons. The van der Waals surface area contributed by atoms with Gasteiger partial charge >= 0.3 is 12.1 Å². The molecule has 0 saturated heterocycles. The third-order valence-electron chi connectivity index (χ3n) is 7.12. The molecular formula is C28H34N2O5. The number of fused-ring (bicyclic) bond motifs is 3. The van der Waals surface area contributed by atoms with Gasteiger partial charge in [-0.3, -0.25) is 9.59 Å². The molecule has 4 rings (SSSR count). The predicted molar refractivity (Wildman–Crippen MR) is 133 cm³/mol. The number of hydrogen-bond acceptors (Lipinski definition) is 4. The summed E-state index contributed by atoms with van der Waals surface area (Å²) >= 11 is 0. The average Bonchev–Trinajstić information content (AvgIpc) is 3.15. The molecule has 0 radical (unpaired) electrons. The predicted octanol–water partition coefficient (Wildman–Crippen LogP) is 4.70. The number of carbonyl (C=O) groups is 3. The quantitative estimate of drug-likeness (QED) is 0.510. The fourth-order valence-corrected chi connectivity index (χ4v) is 5.32. The number of alkyl carbamates (subject to hydrolysis) is 1. The second-order valence-corrected chi connectivity index (χ2v) is 10.4. The van der Waals surface area contributed by atoms with Crippen LogP contribution in [0.5, 0.6) is 0 Å². The van der Waals surface area contributed by atoms with Crippen molar-refractivity contribution in [3.8, 4) is 11.1 Å². The summed E-state index contributed by atoms with van der Waals surface area (Å²) in [7, 11) is 0. The van der Waals surface area contributed by atoms with Crippen molar-refractivity contribution in [2.24, 2.45) is 11.3 Å². The number of aliphatic carboxylic acids is 1. The zero-order valence-electron chi connectivity index (χ0n) is 20.4. The van der Waals surface area contributed by atoms with Gasteiger partial charge in [0.2, 0.25) is 5.91 Å². The Morgan fingerprint density at radius 3 is 2.20 bits per heavy atom. The van der Waals surface area contributed by atoms with Gasteiger partial charge in [0.25, 0.3) is 0 Å². The Morgan fingerprint density at radius 1 is 0.971 bits per heavy atom. The first-order chi connectivity index (χ1) is 16.7. The van der Waals surface area contributed by atoms with Crippen LogP contribution >= 0.6 is 0 Å². The smallest absolute Gasteiger partial charge is 0.407 e. The van der Waals surface area contributed by atoms with E-state index < -0.39 is 23.4 Å². The summed E-state index contributed by atoms with van der Waals surface area (Å²) in [5, 5.41) is 15.1. The Hall–Kier alpha value is -3.35. The van der Waals surface area contributed by atoms with Crippen LogP contribution in [0.15, 0.2) is 48.5 Å². The van der Waals surface area contributed by atoms with Crippen molar-refractivity contribution >= 4 is 18.0 Å². The third kappa shape index (κ3) is 5.84. The van der Waals surface area contributed by atoms with Crippen LogP contribution in [-0.2, 0) is 14.3 Å². The Kier molecular flexibility index (Phi) is 7.43. The largest absolute Gasteiger partial charge is 0.481 e. The van der Waals surface area contributed by atoms with Crippen molar-refractivity contribution in [3.05, 3.63) is 59.7 Å². The van der Waals surface area contributed by atoms with Crippen molar-refractivity contribution in [1.29, 1.82) is 0 Å². The highest BCUT2D eigenvalue weighted by Crippen LogP contribution is 2.44. The SMILES string of the molecule is CC(C)(CNC(=O)OCC1c2ccccc2-c2ccccc21)CC(=O)N[C@H]1CCCC[C@H]1C(=O)O. The number of ether oxygens (including phenoxy) is 1. The minimum absolute atomic E-state index is 0.00962. The lowest BCUT2D eigenvalue weighted by Gasteiger charge is -2.31. The summed E-state index contributed by atoms with van der Waals surface area (Å²) < 4.78 is 5.59. The normalized spacial score (nSPS) is 19.4. The van der Waals surface area contributed by atoms with E-state index in [1.807, 2.05) is 38.1 Å². The topological polar surface area (TPSA) is 105 Å². The average molecular weight is 479 g/mol. The second-order valence-electron chi connectivity index (χ2n) is 10.4. The molecule has 7 nitrogen and oxygen atoms in total. The first-order valence-corrected chi connectivity index (χ1v) is 12.4. The highest BCUT2D eigenvalue weighted by atomic mass is 16.5. The molecular weight excluding hydrogens is 444 g/mol. The molecule has 0 aromatic heterocycles. The minimum Gasteiger partial charge on any atom is -0.481 e. The molecule has 2 atom stereocenters. The van der Waals surface area contributed by atoms with Crippen LogP contribution in [0.1, 0.15) is 63.0 Å². The van der Waals surface area contributed by atoms with Gasteiger partial charge in [-0.25, -0.2) is 4.79 Å². The van der Waals surface area contributed by atoms with Crippen molar-refractivity contribution in [2.45, 2.75) is 57.9 Å².